The Labute approximate surface area is 191 Å². The number of likely N-dealkylation sites (tertiary alicyclic amines) is 1. The van der Waals surface area contributed by atoms with Gasteiger partial charge in [0.25, 0.3) is 0 Å². The third-order valence-electron chi connectivity index (χ3n) is 5.70. The number of hydrogen-bond donors (Lipinski definition) is 1. The molecular weight excluding hydrogens is 428 g/mol. The van der Waals surface area contributed by atoms with Gasteiger partial charge in [-0.3, -0.25) is 9.69 Å². The Morgan fingerprint density at radius 1 is 1.19 bits per heavy atom. The number of methoxy groups -OCH3 is 2. The fraction of sp³-hybridized carbons (Fsp3) is 0.435. The van der Waals surface area contributed by atoms with Crippen LogP contribution in [0.5, 0.6) is 11.5 Å². The van der Waals surface area contributed by atoms with Crippen LogP contribution >= 0.6 is 11.3 Å². The number of nitrogens with zero attached hydrogens (tertiary/aromatic N) is 3. The van der Waals surface area contributed by atoms with Crippen molar-refractivity contribution in [3.63, 3.8) is 0 Å². The van der Waals surface area contributed by atoms with Gasteiger partial charge in [0, 0.05) is 23.4 Å². The van der Waals surface area contributed by atoms with Gasteiger partial charge in [-0.25, -0.2) is 0 Å². The highest BCUT2D eigenvalue weighted by Crippen LogP contribution is 2.30. The predicted octanol–water partition coefficient (Wildman–Crippen LogP) is 3.35. The summed E-state index contributed by atoms with van der Waals surface area (Å²) in [5.41, 5.74) is 2.06. The van der Waals surface area contributed by atoms with E-state index in [4.69, 9.17) is 13.9 Å². The van der Waals surface area contributed by atoms with E-state index in [1.54, 1.807) is 25.6 Å². The SMILES string of the molecule is COc1ccc(CCNC(=O)CN2CCC(c3nnc(-c4ccsc4)o3)CC2)cc1OC. The van der Waals surface area contributed by atoms with E-state index in [2.05, 4.69) is 20.4 Å². The minimum absolute atomic E-state index is 0.0430. The lowest BCUT2D eigenvalue weighted by Gasteiger charge is -2.29. The summed E-state index contributed by atoms with van der Waals surface area (Å²) in [5, 5.41) is 15.4. The van der Waals surface area contributed by atoms with Crippen molar-refractivity contribution < 1.29 is 18.7 Å². The molecular formula is C23H28N4O4S. The topological polar surface area (TPSA) is 89.7 Å². The van der Waals surface area contributed by atoms with Crippen LogP contribution in [0.2, 0.25) is 0 Å². The van der Waals surface area contributed by atoms with E-state index in [0.29, 0.717) is 36.4 Å². The van der Waals surface area contributed by atoms with Crippen LogP contribution in [0.1, 0.15) is 30.2 Å². The van der Waals surface area contributed by atoms with Gasteiger partial charge in [-0.1, -0.05) is 6.07 Å². The van der Waals surface area contributed by atoms with Gasteiger partial charge in [-0.05, 0) is 61.5 Å². The molecule has 1 amide bonds. The van der Waals surface area contributed by atoms with Crippen molar-refractivity contribution in [3.05, 3.63) is 46.5 Å². The van der Waals surface area contributed by atoms with Crippen molar-refractivity contribution >= 4 is 17.2 Å². The van der Waals surface area contributed by atoms with Crippen molar-refractivity contribution in [2.45, 2.75) is 25.2 Å². The van der Waals surface area contributed by atoms with E-state index in [9.17, 15) is 4.79 Å². The monoisotopic (exact) mass is 456 g/mol. The first-order valence-electron chi connectivity index (χ1n) is 10.7. The summed E-state index contributed by atoms with van der Waals surface area (Å²) in [6.07, 6.45) is 2.55. The first-order chi connectivity index (χ1) is 15.7. The molecule has 2 aromatic heterocycles. The second-order valence-electron chi connectivity index (χ2n) is 7.80. The van der Waals surface area contributed by atoms with Gasteiger partial charge >= 0.3 is 0 Å². The first kappa shape index (κ1) is 22.3. The highest BCUT2D eigenvalue weighted by atomic mass is 32.1. The molecule has 0 spiro atoms. The summed E-state index contributed by atoms with van der Waals surface area (Å²) < 4.78 is 16.5. The highest BCUT2D eigenvalue weighted by molar-refractivity contribution is 7.08. The maximum absolute atomic E-state index is 12.4. The average Bonchev–Trinajstić information content (AvgIpc) is 3.51. The summed E-state index contributed by atoms with van der Waals surface area (Å²) in [6, 6.07) is 7.79. The molecule has 0 bridgehead atoms. The molecule has 0 radical (unpaired) electrons. The fourth-order valence-electron chi connectivity index (χ4n) is 3.88. The largest absolute Gasteiger partial charge is 0.493 e. The van der Waals surface area contributed by atoms with Crippen molar-refractivity contribution in [1.29, 1.82) is 0 Å². The van der Waals surface area contributed by atoms with Crippen molar-refractivity contribution in [3.8, 4) is 23.0 Å². The van der Waals surface area contributed by atoms with Crippen LogP contribution in [-0.4, -0.2) is 61.4 Å². The Hall–Kier alpha value is -2.91. The van der Waals surface area contributed by atoms with Crippen LogP contribution in [0, 0.1) is 0 Å². The number of benzene rings is 1. The predicted molar refractivity (Wildman–Crippen MR) is 122 cm³/mol. The maximum Gasteiger partial charge on any atom is 0.248 e. The van der Waals surface area contributed by atoms with Crippen LogP contribution in [0.3, 0.4) is 0 Å². The summed E-state index contributed by atoms with van der Waals surface area (Å²) in [7, 11) is 3.23. The molecule has 0 aliphatic carbocycles. The number of ether oxygens (including phenoxy) is 2. The van der Waals surface area contributed by atoms with Gasteiger partial charge in [0.2, 0.25) is 17.7 Å². The third kappa shape index (κ3) is 5.46. The molecule has 1 aromatic carbocycles. The zero-order valence-corrected chi connectivity index (χ0v) is 19.2. The number of amides is 1. The molecule has 3 heterocycles. The van der Waals surface area contributed by atoms with Crippen LogP contribution in [0.25, 0.3) is 11.5 Å². The van der Waals surface area contributed by atoms with Gasteiger partial charge < -0.3 is 19.2 Å². The molecule has 3 aromatic rings. The Bertz CT molecular complexity index is 1010. The first-order valence-corrected chi connectivity index (χ1v) is 11.7. The Morgan fingerprint density at radius 3 is 2.72 bits per heavy atom. The second kappa shape index (κ2) is 10.6. The lowest BCUT2D eigenvalue weighted by molar-refractivity contribution is -0.122. The average molecular weight is 457 g/mol. The lowest BCUT2D eigenvalue weighted by atomic mass is 9.97. The molecule has 4 rings (SSSR count). The zero-order valence-electron chi connectivity index (χ0n) is 18.4. The van der Waals surface area contributed by atoms with E-state index in [0.717, 1.165) is 43.5 Å². The summed E-state index contributed by atoms with van der Waals surface area (Å²) in [5.74, 6) is 2.97. The smallest absolute Gasteiger partial charge is 0.248 e. The zero-order chi connectivity index (χ0) is 22.3. The number of nitrogens with one attached hydrogen (secondary N) is 1. The van der Waals surface area contributed by atoms with Crippen molar-refractivity contribution in [2.24, 2.45) is 0 Å². The molecule has 170 valence electrons. The second-order valence-corrected chi connectivity index (χ2v) is 8.58. The summed E-state index contributed by atoms with van der Waals surface area (Å²) >= 11 is 1.61. The standard InChI is InChI=1S/C23H28N4O4S/c1-29-19-4-3-16(13-20(19)30-2)5-9-24-21(28)14-27-10-6-17(7-11-27)22-25-26-23(31-22)18-8-12-32-15-18/h3-4,8,12-13,15,17H,5-7,9-11,14H2,1-2H3,(H,24,28). The van der Waals surface area contributed by atoms with Crippen LogP contribution < -0.4 is 14.8 Å². The number of aromatic nitrogens is 2. The molecule has 32 heavy (non-hydrogen) atoms. The third-order valence-corrected chi connectivity index (χ3v) is 6.38. The van der Waals surface area contributed by atoms with E-state index in [1.165, 1.54) is 0 Å². The number of piperidine rings is 1. The molecule has 1 saturated heterocycles. The quantitative estimate of drug-likeness (QED) is 0.528. The number of carbonyl (C=O) groups is 1. The minimum Gasteiger partial charge on any atom is -0.493 e. The van der Waals surface area contributed by atoms with E-state index in [-0.39, 0.29) is 11.8 Å². The summed E-state index contributed by atoms with van der Waals surface area (Å²) in [6.45, 7) is 2.66. The Morgan fingerprint density at radius 2 is 2.00 bits per heavy atom. The molecule has 0 saturated carbocycles. The molecule has 8 nitrogen and oxygen atoms in total. The van der Waals surface area contributed by atoms with E-state index in [1.807, 2.05) is 35.0 Å². The number of hydrogen-bond acceptors (Lipinski definition) is 8. The number of thiophene rings is 1. The Kier molecular flexibility index (Phi) is 7.39. The van der Waals surface area contributed by atoms with Crippen LogP contribution in [0.15, 0.2) is 39.4 Å². The molecule has 1 fully saturated rings. The van der Waals surface area contributed by atoms with Gasteiger partial charge in [-0.15, -0.1) is 10.2 Å². The van der Waals surface area contributed by atoms with E-state index >= 15 is 0 Å². The van der Waals surface area contributed by atoms with Crippen LogP contribution in [0.4, 0.5) is 0 Å². The van der Waals surface area contributed by atoms with Gasteiger partial charge in [0.15, 0.2) is 11.5 Å². The normalized spacial score (nSPS) is 14.9. The number of rotatable bonds is 9. The van der Waals surface area contributed by atoms with Gasteiger partial charge in [0.1, 0.15) is 0 Å². The molecule has 1 aliphatic rings. The minimum atomic E-state index is 0.0430. The maximum atomic E-state index is 12.4. The van der Waals surface area contributed by atoms with E-state index < -0.39 is 0 Å². The molecule has 1 aliphatic heterocycles. The number of carbonyl (C=O) groups excluding carboxylic acids is 1. The molecule has 0 unspecified atom stereocenters. The lowest BCUT2D eigenvalue weighted by Crippen LogP contribution is -2.41. The molecule has 1 N–H and O–H groups in total. The Balaban J connectivity index is 1.19. The van der Waals surface area contributed by atoms with Crippen LogP contribution in [-0.2, 0) is 11.2 Å². The van der Waals surface area contributed by atoms with Gasteiger partial charge in [0.05, 0.1) is 20.8 Å². The van der Waals surface area contributed by atoms with Crippen molar-refractivity contribution in [2.75, 3.05) is 40.4 Å². The summed E-state index contributed by atoms with van der Waals surface area (Å²) in [4.78, 5) is 14.6. The molecule has 9 heteroatoms. The van der Waals surface area contributed by atoms with Crippen molar-refractivity contribution in [1.82, 2.24) is 20.4 Å². The fourth-order valence-corrected chi connectivity index (χ4v) is 4.51. The van der Waals surface area contributed by atoms with Gasteiger partial charge in [-0.2, -0.15) is 11.3 Å². The highest BCUT2D eigenvalue weighted by Gasteiger charge is 2.26. The molecule has 0 atom stereocenters.